The highest BCUT2D eigenvalue weighted by molar-refractivity contribution is 5.89. The van der Waals surface area contributed by atoms with E-state index < -0.39 is 24.0 Å². The predicted molar refractivity (Wildman–Crippen MR) is 111 cm³/mol. The van der Waals surface area contributed by atoms with E-state index in [2.05, 4.69) is 17.7 Å². The number of hydrogen-bond acceptors (Lipinski definition) is 1. The van der Waals surface area contributed by atoms with Crippen LogP contribution in [-0.4, -0.2) is 6.61 Å². The van der Waals surface area contributed by atoms with Gasteiger partial charge < -0.3 is 4.74 Å². The van der Waals surface area contributed by atoms with Gasteiger partial charge in [-0.05, 0) is 66.2 Å². The van der Waals surface area contributed by atoms with Crippen molar-refractivity contribution in [3.8, 4) is 16.9 Å². The molecule has 3 aromatic rings. The van der Waals surface area contributed by atoms with Gasteiger partial charge in [-0.15, -0.1) is 0 Å². The zero-order valence-electron chi connectivity index (χ0n) is 16.8. The van der Waals surface area contributed by atoms with Gasteiger partial charge in [0.25, 0.3) is 0 Å². The van der Waals surface area contributed by atoms with E-state index in [0.29, 0.717) is 11.3 Å². The predicted octanol–water partition coefficient (Wildman–Crippen LogP) is 8.07. The highest BCUT2D eigenvalue weighted by Gasteiger charge is 2.22. The van der Waals surface area contributed by atoms with Gasteiger partial charge in [-0.3, -0.25) is 0 Å². The molecular formula is C25H24F4O. The quantitative estimate of drug-likeness (QED) is 0.382. The monoisotopic (exact) mass is 416 g/mol. The summed E-state index contributed by atoms with van der Waals surface area (Å²) in [6.07, 6.45) is 6.04. The molecule has 1 nitrogen and oxygen atoms in total. The van der Waals surface area contributed by atoms with Crippen LogP contribution in [-0.2, 0) is 0 Å². The van der Waals surface area contributed by atoms with Gasteiger partial charge in [0.05, 0.1) is 0 Å². The van der Waals surface area contributed by atoms with E-state index in [1.807, 2.05) is 12.1 Å². The molecule has 0 spiro atoms. The summed E-state index contributed by atoms with van der Waals surface area (Å²) in [4.78, 5) is 0. The Morgan fingerprint density at radius 1 is 0.933 bits per heavy atom. The van der Waals surface area contributed by atoms with Crippen LogP contribution in [0.25, 0.3) is 21.9 Å². The zero-order valence-corrected chi connectivity index (χ0v) is 16.8. The lowest BCUT2D eigenvalue weighted by Crippen LogP contribution is -2.12. The van der Waals surface area contributed by atoms with Gasteiger partial charge in [0, 0.05) is 10.9 Å². The average molecular weight is 416 g/mol. The molecule has 0 heterocycles. The van der Waals surface area contributed by atoms with Crippen molar-refractivity contribution in [3.63, 3.8) is 0 Å². The number of rotatable bonds is 5. The molecule has 0 radical (unpaired) electrons. The van der Waals surface area contributed by atoms with Gasteiger partial charge >= 0.3 is 6.61 Å². The summed E-state index contributed by atoms with van der Waals surface area (Å²) in [6.45, 7) is -0.874. The van der Waals surface area contributed by atoms with E-state index in [1.165, 1.54) is 30.9 Å². The van der Waals surface area contributed by atoms with Crippen LogP contribution in [0.3, 0.4) is 0 Å². The van der Waals surface area contributed by atoms with E-state index >= 15 is 4.39 Å². The maximum Gasteiger partial charge on any atom is 0.387 e. The summed E-state index contributed by atoms with van der Waals surface area (Å²) in [5, 5.41) is 1.27. The lowest BCUT2D eigenvalue weighted by molar-refractivity contribution is -0.0521. The fourth-order valence-electron chi connectivity index (χ4n) is 4.55. The molecular weight excluding hydrogens is 392 g/mol. The zero-order chi connectivity index (χ0) is 21.3. The highest BCUT2D eigenvalue weighted by Crippen LogP contribution is 2.39. The number of benzene rings is 3. The minimum atomic E-state index is -3.12. The molecule has 5 heteroatoms. The third-order valence-electron chi connectivity index (χ3n) is 6.33. The summed E-state index contributed by atoms with van der Waals surface area (Å²) < 4.78 is 58.0. The minimum absolute atomic E-state index is 0.223. The van der Waals surface area contributed by atoms with Gasteiger partial charge in [0.15, 0.2) is 11.6 Å². The third kappa shape index (κ3) is 4.16. The fourth-order valence-corrected chi connectivity index (χ4v) is 4.55. The smallest absolute Gasteiger partial charge is 0.387 e. The summed E-state index contributed by atoms with van der Waals surface area (Å²) in [7, 11) is 0. The van der Waals surface area contributed by atoms with E-state index in [1.54, 1.807) is 12.1 Å². The number of ether oxygens (including phenoxy) is 1. The van der Waals surface area contributed by atoms with Crippen LogP contribution in [0.4, 0.5) is 17.6 Å². The largest absolute Gasteiger partial charge is 0.432 e. The van der Waals surface area contributed by atoms with Crippen molar-refractivity contribution in [3.05, 3.63) is 65.7 Å². The SMILES string of the molecule is CCC1CCC(c2ccc3c(F)c(-c4ccc(OC(F)F)c(F)c4)ccc3c2)CC1. The lowest BCUT2D eigenvalue weighted by atomic mass is 9.77. The molecule has 0 aromatic heterocycles. The Morgan fingerprint density at radius 3 is 2.37 bits per heavy atom. The molecule has 158 valence electrons. The standard InChI is InChI=1S/C25H24F4O/c1-2-15-3-5-16(6-4-15)17-7-10-20-18(13-17)8-11-21(24(20)27)19-9-12-23(22(26)14-19)30-25(28)29/h7-16,25H,2-6H2,1H3. The summed E-state index contributed by atoms with van der Waals surface area (Å²) in [5.41, 5.74) is 1.74. The molecule has 30 heavy (non-hydrogen) atoms. The lowest BCUT2D eigenvalue weighted by Gasteiger charge is -2.28. The Kier molecular flexibility index (Phi) is 5.98. The molecule has 0 saturated heterocycles. The molecule has 1 aliphatic rings. The van der Waals surface area contributed by atoms with Crippen molar-refractivity contribution in [1.29, 1.82) is 0 Å². The molecule has 1 saturated carbocycles. The topological polar surface area (TPSA) is 9.23 Å². The van der Waals surface area contributed by atoms with Crippen LogP contribution in [0, 0.1) is 17.6 Å². The molecule has 0 aliphatic heterocycles. The Bertz CT molecular complexity index is 1040. The number of hydrogen-bond donors (Lipinski definition) is 0. The third-order valence-corrected chi connectivity index (χ3v) is 6.33. The highest BCUT2D eigenvalue weighted by atomic mass is 19.3. The van der Waals surface area contributed by atoms with Gasteiger partial charge in [0.1, 0.15) is 5.82 Å². The Morgan fingerprint density at radius 2 is 1.70 bits per heavy atom. The van der Waals surface area contributed by atoms with Crippen LogP contribution < -0.4 is 4.74 Å². The number of alkyl halides is 2. The maximum absolute atomic E-state index is 15.2. The average Bonchev–Trinajstić information content (AvgIpc) is 2.75. The first kappa shape index (κ1) is 20.7. The van der Waals surface area contributed by atoms with Crippen LogP contribution in [0.1, 0.15) is 50.5 Å². The molecule has 3 aromatic carbocycles. The summed E-state index contributed by atoms with van der Waals surface area (Å²) in [6, 6.07) is 12.8. The second kappa shape index (κ2) is 8.66. The van der Waals surface area contributed by atoms with Gasteiger partial charge in [-0.1, -0.05) is 49.7 Å². The first-order valence-corrected chi connectivity index (χ1v) is 10.4. The maximum atomic E-state index is 15.2. The van der Waals surface area contributed by atoms with Gasteiger partial charge in [0.2, 0.25) is 0 Å². The minimum Gasteiger partial charge on any atom is -0.432 e. The van der Waals surface area contributed by atoms with Crippen LogP contribution in [0.5, 0.6) is 5.75 Å². The first-order chi connectivity index (χ1) is 14.5. The molecule has 0 N–H and O–H groups in total. The second-order valence-electron chi connectivity index (χ2n) is 8.06. The van der Waals surface area contributed by atoms with Crippen molar-refractivity contribution in [1.82, 2.24) is 0 Å². The van der Waals surface area contributed by atoms with Crippen molar-refractivity contribution in [2.75, 3.05) is 0 Å². The van der Waals surface area contributed by atoms with Crippen LogP contribution in [0.2, 0.25) is 0 Å². The second-order valence-corrected chi connectivity index (χ2v) is 8.06. The van der Waals surface area contributed by atoms with E-state index in [-0.39, 0.29) is 11.1 Å². The molecule has 1 fully saturated rings. The van der Waals surface area contributed by atoms with Crippen LogP contribution >= 0.6 is 0 Å². The molecule has 0 atom stereocenters. The van der Waals surface area contributed by atoms with E-state index in [4.69, 9.17) is 0 Å². The Hall–Kier alpha value is -2.56. The Labute approximate surface area is 173 Å². The number of fused-ring (bicyclic) bond motifs is 1. The molecule has 0 amide bonds. The van der Waals surface area contributed by atoms with Gasteiger partial charge in [-0.2, -0.15) is 8.78 Å². The van der Waals surface area contributed by atoms with E-state index in [0.717, 1.165) is 36.3 Å². The van der Waals surface area contributed by atoms with Crippen molar-refractivity contribution < 1.29 is 22.3 Å². The molecule has 4 rings (SSSR count). The number of halogens is 4. The molecule has 0 unspecified atom stereocenters. The van der Waals surface area contributed by atoms with Crippen LogP contribution in [0.15, 0.2) is 48.5 Å². The summed E-state index contributed by atoms with van der Waals surface area (Å²) in [5.74, 6) is -0.630. The van der Waals surface area contributed by atoms with Crippen molar-refractivity contribution >= 4 is 10.8 Å². The van der Waals surface area contributed by atoms with Crippen molar-refractivity contribution in [2.24, 2.45) is 5.92 Å². The van der Waals surface area contributed by atoms with Gasteiger partial charge in [-0.25, -0.2) is 8.78 Å². The van der Waals surface area contributed by atoms with Crippen molar-refractivity contribution in [2.45, 2.75) is 51.6 Å². The first-order valence-electron chi connectivity index (χ1n) is 10.4. The molecule has 0 bridgehead atoms. The fraction of sp³-hybridized carbons (Fsp3) is 0.360. The van der Waals surface area contributed by atoms with E-state index in [9.17, 15) is 13.2 Å². The molecule has 1 aliphatic carbocycles. The normalized spacial score (nSPS) is 19.4. The Balaban J connectivity index is 1.62. The summed E-state index contributed by atoms with van der Waals surface area (Å²) >= 11 is 0.